The zero-order valence-electron chi connectivity index (χ0n) is 11.0. The third kappa shape index (κ3) is 6.40. The van der Waals surface area contributed by atoms with Crippen molar-refractivity contribution in [3.63, 3.8) is 0 Å². The molecule has 1 aliphatic rings. The Bertz CT molecular complexity index is 470. The van der Waals surface area contributed by atoms with Crippen molar-refractivity contribution < 1.29 is 16.8 Å². The van der Waals surface area contributed by atoms with Gasteiger partial charge in [-0.3, -0.25) is 0 Å². The standard InChI is InChI=1S/C10H21ClN2O4S2/c1-18(14,15)13-7-4-10(5-8-13)12-19(16,17)9-3-2-6-11/h10,12H,2-9H2,1H3. The average molecular weight is 333 g/mol. The number of unbranched alkanes of at least 4 members (excludes halogenated alkanes) is 1. The SMILES string of the molecule is CS(=O)(=O)N1CCC(NS(=O)(=O)CCCCCl)CC1. The lowest BCUT2D eigenvalue weighted by molar-refractivity contribution is 0.310. The third-order valence-corrected chi connectivity index (χ3v) is 6.15. The maximum atomic E-state index is 11.8. The number of halogens is 1. The van der Waals surface area contributed by atoms with Crippen LogP contribution in [-0.4, -0.2) is 58.2 Å². The van der Waals surface area contributed by atoms with Gasteiger partial charge in [0.1, 0.15) is 0 Å². The molecule has 1 aliphatic heterocycles. The highest BCUT2D eigenvalue weighted by atomic mass is 35.5. The number of rotatable bonds is 7. The first kappa shape index (κ1) is 17.2. The molecule has 0 aromatic carbocycles. The van der Waals surface area contributed by atoms with Crippen LogP contribution in [0.1, 0.15) is 25.7 Å². The van der Waals surface area contributed by atoms with Gasteiger partial charge in [-0.1, -0.05) is 0 Å². The van der Waals surface area contributed by atoms with Crippen LogP contribution < -0.4 is 4.72 Å². The number of sulfonamides is 2. The van der Waals surface area contributed by atoms with Gasteiger partial charge in [0.25, 0.3) is 0 Å². The summed E-state index contributed by atoms with van der Waals surface area (Å²) >= 11 is 5.50. The van der Waals surface area contributed by atoms with E-state index in [0.29, 0.717) is 44.7 Å². The fourth-order valence-electron chi connectivity index (χ4n) is 2.00. The predicted molar refractivity (Wildman–Crippen MR) is 76.3 cm³/mol. The van der Waals surface area contributed by atoms with Crippen LogP contribution in [0.25, 0.3) is 0 Å². The molecule has 19 heavy (non-hydrogen) atoms. The van der Waals surface area contributed by atoms with Gasteiger partial charge < -0.3 is 0 Å². The van der Waals surface area contributed by atoms with E-state index in [9.17, 15) is 16.8 Å². The van der Waals surface area contributed by atoms with Crippen molar-refractivity contribution in [2.45, 2.75) is 31.7 Å². The lowest BCUT2D eigenvalue weighted by atomic mass is 10.1. The van der Waals surface area contributed by atoms with Crippen LogP contribution >= 0.6 is 11.6 Å². The van der Waals surface area contributed by atoms with Gasteiger partial charge >= 0.3 is 0 Å². The minimum atomic E-state index is -3.28. The van der Waals surface area contributed by atoms with Crippen molar-refractivity contribution in [3.8, 4) is 0 Å². The molecule has 114 valence electrons. The van der Waals surface area contributed by atoms with Gasteiger partial charge in [0.15, 0.2) is 0 Å². The minimum absolute atomic E-state index is 0.0754. The Morgan fingerprint density at radius 1 is 1.16 bits per heavy atom. The summed E-state index contributed by atoms with van der Waals surface area (Å²) < 4.78 is 50.2. The first-order chi connectivity index (χ1) is 8.74. The van der Waals surface area contributed by atoms with Crippen molar-refractivity contribution in [3.05, 3.63) is 0 Å². The number of hydrogen-bond acceptors (Lipinski definition) is 4. The van der Waals surface area contributed by atoms with Crippen molar-refractivity contribution in [1.82, 2.24) is 9.03 Å². The van der Waals surface area contributed by atoms with E-state index in [2.05, 4.69) is 4.72 Å². The summed E-state index contributed by atoms with van der Waals surface area (Å²) in [6, 6.07) is -0.168. The largest absolute Gasteiger partial charge is 0.213 e. The molecule has 9 heteroatoms. The molecule has 1 heterocycles. The Kier molecular flexibility index (Phi) is 6.52. The van der Waals surface area contributed by atoms with Crippen LogP contribution in [0.2, 0.25) is 0 Å². The molecular weight excluding hydrogens is 312 g/mol. The number of hydrogen-bond donors (Lipinski definition) is 1. The predicted octanol–water partition coefficient (Wildman–Crippen LogP) is 0.349. The van der Waals surface area contributed by atoms with Gasteiger partial charge in [0.2, 0.25) is 20.0 Å². The lowest BCUT2D eigenvalue weighted by Gasteiger charge is -2.30. The average Bonchev–Trinajstić information content (AvgIpc) is 2.28. The van der Waals surface area contributed by atoms with E-state index in [-0.39, 0.29) is 11.8 Å². The van der Waals surface area contributed by atoms with Gasteiger partial charge in [-0.2, -0.15) is 0 Å². The van der Waals surface area contributed by atoms with Gasteiger partial charge in [-0.05, 0) is 25.7 Å². The summed E-state index contributed by atoms with van der Waals surface area (Å²) in [5, 5.41) is 0. The second-order valence-corrected chi connectivity index (χ2v) is 9.00. The third-order valence-electron chi connectivity index (χ3n) is 3.07. The molecule has 0 bridgehead atoms. The first-order valence-corrected chi connectivity index (χ1v) is 10.3. The Morgan fingerprint density at radius 2 is 1.74 bits per heavy atom. The van der Waals surface area contributed by atoms with Crippen LogP contribution in [-0.2, 0) is 20.0 Å². The second-order valence-electron chi connectivity index (χ2n) is 4.77. The summed E-state index contributed by atoms with van der Waals surface area (Å²) in [5.41, 5.74) is 0. The van der Waals surface area contributed by atoms with Crippen molar-refractivity contribution >= 4 is 31.6 Å². The van der Waals surface area contributed by atoms with Crippen LogP contribution in [0.15, 0.2) is 0 Å². The van der Waals surface area contributed by atoms with Crippen molar-refractivity contribution in [2.24, 2.45) is 0 Å². The van der Waals surface area contributed by atoms with E-state index in [0.717, 1.165) is 0 Å². The van der Waals surface area contributed by atoms with Gasteiger partial charge in [0, 0.05) is 25.0 Å². The summed E-state index contributed by atoms with van der Waals surface area (Å²) in [6.07, 6.45) is 3.42. The molecule has 0 spiro atoms. The number of nitrogens with one attached hydrogen (secondary N) is 1. The van der Waals surface area contributed by atoms with Gasteiger partial charge in [-0.25, -0.2) is 25.9 Å². The van der Waals surface area contributed by atoms with Crippen molar-refractivity contribution in [2.75, 3.05) is 31.0 Å². The number of alkyl halides is 1. The van der Waals surface area contributed by atoms with E-state index < -0.39 is 20.0 Å². The van der Waals surface area contributed by atoms with E-state index in [4.69, 9.17) is 11.6 Å². The lowest BCUT2D eigenvalue weighted by Crippen LogP contribution is -2.46. The molecule has 1 saturated heterocycles. The monoisotopic (exact) mass is 332 g/mol. The van der Waals surface area contributed by atoms with E-state index >= 15 is 0 Å². The molecule has 1 N–H and O–H groups in total. The molecule has 0 amide bonds. The molecule has 0 radical (unpaired) electrons. The summed E-state index contributed by atoms with van der Waals surface area (Å²) in [4.78, 5) is 0. The molecule has 0 aromatic rings. The summed E-state index contributed by atoms with van der Waals surface area (Å²) in [6.45, 7) is 0.737. The molecular formula is C10H21ClN2O4S2. The highest BCUT2D eigenvalue weighted by Gasteiger charge is 2.27. The fraction of sp³-hybridized carbons (Fsp3) is 1.00. The molecule has 0 aliphatic carbocycles. The zero-order chi connectivity index (χ0) is 14.5. The highest BCUT2D eigenvalue weighted by molar-refractivity contribution is 7.89. The molecule has 0 saturated carbocycles. The Labute approximate surface area is 120 Å². The van der Waals surface area contributed by atoms with Crippen molar-refractivity contribution in [1.29, 1.82) is 0 Å². The number of piperidine rings is 1. The highest BCUT2D eigenvalue weighted by Crippen LogP contribution is 2.14. The van der Waals surface area contributed by atoms with Gasteiger partial charge in [0.05, 0.1) is 12.0 Å². The van der Waals surface area contributed by atoms with E-state index in [1.807, 2.05) is 0 Å². The van der Waals surface area contributed by atoms with Crippen LogP contribution in [0.5, 0.6) is 0 Å². The summed E-state index contributed by atoms with van der Waals surface area (Å²) in [7, 11) is -6.45. The summed E-state index contributed by atoms with van der Waals surface area (Å²) in [5.74, 6) is 0.536. The number of nitrogens with zero attached hydrogens (tertiary/aromatic N) is 1. The van der Waals surface area contributed by atoms with Crippen LogP contribution in [0.4, 0.5) is 0 Å². The fourth-order valence-corrected chi connectivity index (χ4v) is 4.51. The molecule has 0 atom stereocenters. The Morgan fingerprint density at radius 3 is 2.21 bits per heavy atom. The minimum Gasteiger partial charge on any atom is -0.213 e. The van der Waals surface area contributed by atoms with E-state index in [1.54, 1.807) is 0 Å². The topological polar surface area (TPSA) is 83.6 Å². The molecule has 0 aromatic heterocycles. The second kappa shape index (κ2) is 7.21. The van der Waals surface area contributed by atoms with E-state index in [1.165, 1.54) is 10.6 Å². The molecule has 1 rings (SSSR count). The Balaban J connectivity index is 2.40. The van der Waals surface area contributed by atoms with Gasteiger partial charge in [-0.15, -0.1) is 11.6 Å². The smallest absolute Gasteiger partial charge is 0.211 e. The Hall–Kier alpha value is 0.110. The quantitative estimate of drug-likeness (QED) is 0.538. The molecule has 1 fully saturated rings. The molecule has 6 nitrogen and oxygen atoms in total. The first-order valence-electron chi connectivity index (χ1n) is 6.26. The molecule has 0 unspecified atom stereocenters. The van der Waals surface area contributed by atoms with Crippen LogP contribution in [0, 0.1) is 0 Å². The van der Waals surface area contributed by atoms with Crippen LogP contribution in [0.3, 0.4) is 0 Å². The maximum absolute atomic E-state index is 11.8. The zero-order valence-corrected chi connectivity index (χ0v) is 13.4. The maximum Gasteiger partial charge on any atom is 0.211 e. The normalized spacial score (nSPS) is 19.7.